The molecule has 1 amide bonds. The van der Waals surface area contributed by atoms with Crippen molar-refractivity contribution in [1.29, 1.82) is 0 Å². The second-order valence-electron chi connectivity index (χ2n) is 9.66. The van der Waals surface area contributed by atoms with Gasteiger partial charge in [0.1, 0.15) is 6.61 Å². The molecule has 3 aromatic rings. The number of amides is 1. The van der Waals surface area contributed by atoms with Crippen LogP contribution in [0.25, 0.3) is 6.08 Å². The van der Waals surface area contributed by atoms with E-state index in [1.807, 2.05) is 66.7 Å². The van der Waals surface area contributed by atoms with Gasteiger partial charge in [-0.2, -0.15) is 0 Å². The van der Waals surface area contributed by atoms with Crippen molar-refractivity contribution in [1.82, 2.24) is 5.32 Å². The lowest BCUT2D eigenvalue weighted by Gasteiger charge is -2.23. The lowest BCUT2D eigenvalue weighted by Crippen LogP contribution is -2.43. The lowest BCUT2D eigenvalue weighted by molar-refractivity contribution is -0.127. The van der Waals surface area contributed by atoms with Gasteiger partial charge in [-0.3, -0.25) is 14.4 Å². The molecule has 2 N–H and O–H groups in total. The van der Waals surface area contributed by atoms with Crippen molar-refractivity contribution in [2.24, 2.45) is 5.92 Å². The van der Waals surface area contributed by atoms with Crippen LogP contribution in [0.5, 0.6) is 0 Å². The van der Waals surface area contributed by atoms with E-state index in [-0.39, 0.29) is 24.0 Å². The summed E-state index contributed by atoms with van der Waals surface area (Å²) >= 11 is 0. The molecular weight excluding hydrogens is 486 g/mol. The average Bonchev–Trinajstić information content (AvgIpc) is 2.97. The zero-order valence-corrected chi connectivity index (χ0v) is 22.5. The molecule has 3 aromatic carbocycles. The monoisotopic (exact) mass is 521 g/mol. The Hall–Kier alpha value is -4.27. The van der Waals surface area contributed by atoms with E-state index in [4.69, 9.17) is 0 Å². The molecule has 3 atom stereocenters. The highest BCUT2D eigenvalue weighted by Crippen LogP contribution is 2.21. The van der Waals surface area contributed by atoms with Crippen molar-refractivity contribution in [2.75, 3.05) is 6.61 Å². The first-order valence-electron chi connectivity index (χ1n) is 13.2. The lowest BCUT2D eigenvalue weighted by atomic mass is 9.88. The van der Waals surface area contributed by atoms with Gasteiger partial charge in [0, 0.05) is 35.9 Å². The Morgan fingerprint density at radius 3 is 2.18 bits per heavy atom. The third kappa shape index (κ3) is 9.52. The number of allylic oxidation sites excluding steroid dienone is 1. The minimum Gasteiger partial charge on any atom is -0.389 e. The largest absolute Gasteiger partial charge is 0.389 e. The van der Waals surface area contributed by atoms with E-state index < -0.39 is 24.3 Å². The summed E-state index contributed by atoms with van der Waals surface area (Å²) < 4.78 is 0. The van der Waals surface area contributed by atoms with Crippen LogP contribution in [0, 0.1) is 17.8 Å². The Morgan fingerprint density at radius 2 is 1.54 bits per heavy atom. The molecule has 3 rings (SSSR count). The second-order valence-corrected chi connectivity index (χ2v) is 9.66. The molecule has 200 valence electrons. The molecule has 0 saturated carbocycles. The number of aliphatic hydroxyl groups excluding tert-OH is 1. The van der Waals surface area contributed by atoms with Gasteiger partial charge in [0.05, 0.1) is 0 Å². The van der Waals surface area contributed by atoms with Gasteiger partial charge in [0.25, 0.3) is 0 Å². The molecular formula is C34H35NO4. The fraction of sp³-hybridized carbons (Fsp3) is 0.265. The molecule has 0 bridgehead atoms. The molecule has 5 nitrogen and oxygen atoms in total. The highest BCUT2D eigenvalue weighted by molar-refractivity contribution is 5.99. The fourth-order valence-electron chi connectivity index (χ4n) is 4.29. The van der Waals surface area contributed by atoms with Gasteiger partial charge in [-0.05, 0) is 54.7 Å². The third-order valence-corrected chi connectivity index (χ3v) is 6.72. The predicted octanol–water partition coefficient (Wildman–Crippen LogP) is 5.59. The van der Waals surface area contributed by atoms with E-state index in [0.717, 1.165) is 16.7 Å². The second kappa shape index (κ2) is 15.2. The Bertz CT molecular complexity index is 1320. The number of Topliss-reactive ketones (excluding diaryl/α,β-unsaturated/α-hetero) is 2. The molecule has 0 aliphatic heterocycles. The first kappa shape index (κ1) is 29.3. The molecule has 39 heavy (non-hydrogen) atoms. The van der Waals surface area contributed by atoms with Crippen LogP contribution in [-0.4, -0.2) is 35.2 Å². The van der Waals surface area contributed by atoms with Crippen LogP contribution < -0.4 is 5.32 Å². The highest BCUT2D eigenvalue weighted by atomic mass is 16.3. The average molecular weight is 522 g/mol. The van der Waals surface area contributed by atoms with E-state index >= 15 is 0 Å². The van der Waals surface area contributed by atoms with Gasteiger partial charge in [0.15, 0.2) is 11.6 Å². The summed E-state index contributed by atoms with van der Waals surface area (Å²) in [5, 5.41) is 12.4. The minimum absolute atomic E-state index is 0.105. The predicted molar refractivity (Wildman–Crippen MR) is 155 cm³/mol. The number of hydrogen-bond acceptors (Lipinski definition) is 4. The highest BCUT2D eigenvalue weighted by Gasteiger charge is 2.28. The molecule has 0 aliphatic carbocycles. The number of benzene rings is 3. The van der Waals surface area contributed by atoms with Gasteiger partial charge in [-0.15, -0.1) is 0 Å². The number of rotatable bonds is 12. The van der Waals surface area contributed by atoms with Gasteiger partial charge in [-0.1, -0.05) is 91.6 Å². The molecule has 0 fully saturated rings. The smallest absolute Gasteiger partial charge is 0.220 e. The molecule has 0 heterocycles. The molecule has 0 saturated heterocycles. The van der Waals surface area contributed by atoms with Crippen molar-refractivity contribution in [3.8, 4) is 11.8 Å². The number of ketones is 2. The standard InChI is InChI=1S/C34H35NO4/c1-25(29-15-7-4-8-16-29)17-22-34(39)35-26(2)31(33(38)24-36)23-32(37)30-20-18-28(19-21-30)14-10-9-13-27-11-5-3-6-12-27/h3-9,11-13,15-16,18-21,25-26,31,36H,17,22-24H2,1-2H3,(H,35,39)/b13-9+/t25-,26+,31-/m0/s1. The summed E-state index contributed by atoms with van der Waals surface area (Å²) in [5.74, 6) is 4.54. The Morgan fingerprint density at radius 1 is 0.897 bits per heavy atom. The number of nitrogens with one attached hydrogen (secondary N) is 1. The van der Waals surface area contributed by atoms with Crippen molar-refractivity contribution in [2.45, 2.75) is 45.1 Å². The summed E-state index contributed by atoms with van der Waals surface area (Å²) in [5.41, 5.74) is 3.44. The van der Waals surface area contributed by atoms with E-state index in [0.29, 0.717) is 18.4 Å². The number of hydrogen-bond donors (Lipinski definition) is 2. The van der Waals surface area contributed by atoms with Crippen molar-refractivity contribution < 1.29 is 19.5 Å². The van der Waals surface area contributed by atoms with Crippen LogP contribution in [0.2, 0.25) is 0 Å². The Balaban J connectivity index is 1.55. The van der Waals surface area contributed by atoms with Crippen LogP contribution in [0.3, 0.4) is 0 Å². The van der Waals surface area contributed by atoms with Gasteiger partial charge in [0.2, 0.25) is 5.91 Å². The van der Waals surface area contributed by atoms with Crippen LogP contribution in [0.1, 0.15) is 66.1 Å². The molecule has 5 heteroatoms. The summed E-state index contributed by atoms with van der Waals surface area (Å²) in [6.07, 6.45) is 4.56. The SMILES string of the molecule is C[C@@H](CCC(=O)N[C@H](C)[C@H](CC(=O)c1ccc(C#C/C=C/c2ccccc2)cc1)C(=O)CO)c1ccccc1. The number of carbonyl (C=O) groups is 3. The summed E-state index contributed by atoms with van der Waals surface area (Å²) in [7, 11) is 0. The minimum atomic E-state index is -0.819. The van der Waals surface area contributed by atoms with Crippen LogP contribution in [-0.2, 0) is 9.59 Å². The van der Waals surface area contributed by atoms with E-state index in [1.54, 1.807) is 37.3 Å². The van der Waals surface area contributed by atoms with E-state index in [9.17, 15) is 19.5 Å². The topological polar surface area (TPSA) is 83.5 Å². The van der Waals surface area contributed by atoms with Crippen molar-refractivity contribution in [3.63, 3.8) is 0 Å². The Kier molecular flexibility index (Phi) is 11.4. The van der Waals surface area contributed by atoms with Crippen molar-refractivity contribution >= 4 is 23.5 Å². The molecule has 0 radical (unpaired) electrons. The summed E-state index contributed by atoms with van der Waals surface area (Å²) in [6.45, 7) is 3.08. The first-order chi connectivity index (χ1) is 18.9. The molecule has 0 aromatic heterocycles. The molecule has 0 spiro atoms. The normalized spacial score (nSPS) is 13.1. The van der Waals surface area contributed by atoms with Gasteiger partial charge in [-0.25, -0.2) is 0 Å². The van der Waals surface area contributed by atoms with Gasteiger partial charge >= 0.3 is 0 Å². The zero-order chi connectivity index (χ0) is 28.0. The maximum atomic E-state index is 13.0. The van der Waals surface area contributed by atoms with Crippen LogP contribution in [0.4, 0.5) is 0 Å². The Labute approximate surface area is 231 Å². The number of carbonyl (C=O) groups excluding carboxylic acids is 3. The summed E-state index contributed by atoms with van der Waals surface area (Å²) in [4.78, 5) is 38.0. The first-order valence-corrected chi connectivity index (χ1v) is 13.2. The summed E-state index contributed by atoms with van der Waals surface area (Å²) in [6, 6.07) is 26.1. The van der Waals surface area contributed by atoms with Crippen molar-refractivity contribution in [3.05, 3.63) is 113 Å². The molecule has 0 unspecified atom stereocenters. The molecule has 0 aliphatic rings. The maximum absolute atomic E-state index is 13.0. The van der Waals surface area contributed by atoms with E-state index in [2.05, 4.69) is 24.1 Å². The van der Waals surface area contributed by atoms with Crippen LogP contribution >= 0.6 is 0 Å². The van der Waals surface area contributed by atoms with Crippen LogP contribution in [0.15, 0.2) is 91.0 Å². The third-order valence-electron chi connectivity index (χ3n) is 6.72. The fourth-order valence-corrected chi connectivity index (χ4v) is 4.29. The van der Waals surface area contributed by atoms with Gasteiger partial charge < -0.3 is 10.4 Å². The maximum Gasteiger partial charge on any atom is 0.220 e. The quantitative estimate of drug-likeness (QED) is 0.240. The number of aliphatic hydroxyl groups is 1. The van der Waals surface area contributed by atoms with E-state index in [1.165, 1.54) is 0 Å². The zero-order valence-electron chi connectivity index (χ0n) is 22.5.